The van der Waals surface area contributed by atoms with Crippen molar-refractivity contribution < 1.29 is 14.1 Å². The quantitative estimate of drug-likeness (QED) is 0.414. The van der Waals surface area contributed by atoms with Crippen LogP contribution in [0.1, 0.15) is 67.8 Å². The summed E-state index contributed by atoms with van der Waals surface area (Å²) in [5.74, 6) is 0.287. The van der Waals surface area contributed by atoms with Gasteiger partial charge >= 0.3 is 5.76 Å². The number of hydrogen-bond acceptors (Lipinski definition) is 5. The highest BCUT2D eigenvalue weighted by molar-refractivity contribution is 6.08. The maximum absolute atomic E-state index is 14.0. The van der Waals surface area contributed by atoms with Crippen LogP contribution in [0.25, 0.3) is 10.9 Å². The van der Waals surface area contributed by atoms with Crippen molar-refractivity contribution in [3.05, 3.63) is 82.2 Å². The fourth-order valence-corrected chi connectivity index (χ4v) is 6.10. The van der Waals surface area contributed by atoms with Gasteiger partial charge in [-0.15, -0.1) is 0 Å². The van der Waals surface area contributed by atoms with Gasteiger partial charge in [0.25, 0.3) is 5.91 Å². The molecule has 3 heterocycles. The van der Waals surface area contributed by atoms with Crippen molar-refractivity contribution in [2.24, 2.45) is 5.92 Å². The number of benzene rings is 2. The monoisotopic (exact) mass is 500 g/mol. The molecule has 0 bridgehead atoms. The third-order valence-electron chi connectivity index (χ3n) is 8.18. The summed E-state index contributed by atoms with van der Waals surface area (Å²) >= 11 is 0. The number of nitrogens with one attached hydrogen (secondary N) is 1. The molecule has 3 atom stereocenters. The van der Waals surface area contributed by atoms with Gasteiger partial charge in [0.2, 0.25) is 0 Å². The molecule has 2 aromatic heterocycles. The molecule has 37 heavy (non-hydrogen) atoms. The van der Waals surface area contributed by atoms with Crippen molar-refractivity contribution in [3.8, 4) is 0 Å². The average Bonchev–Trinajstić information content (AvgIpc) is 3.19. The summed E-state index contributed by atoms with van der Waals surface area (Å²) < 4.78 is 12.9. The summed E-state index contributed by atoms with van der Waals surface area (Å²) in [7, 11) is 1.79. The first-order chi connectivity index (χ1) is 17.7. The highest BCUT2D eigenvalue weighted by Crippen LogP contribution is 2.56. The first kappa shape index (κ1) is 23.7. The summed E-state index contributed by atoms with van der Waals surface area (Å²) in [6.07, 6.45) is 2.66. The third kappa shape index (κ3) is 3.91. The molecule has 0 spiro atoms. The Labute approximate surface area is 215 Å². The lowest BCUT2D eigenvalue weighted by atomic mass is 9.83. The number of anilines is 1. The highest BCUT2D eigenvalue weighted by atomic mass is 16.5. The zero-order valence-electron chi connectivity index (χ0n) is 21.7. The number of carbonyl (C=O) groups is 1. The number of ether oxygens (including phenoxy) is 1. The van der Waals surface area contributed by atoms with Crippen LogP contribution in [-0.4, -0.2) is 39.9 Å². The molecule has 1 saturated carbocycles. The number of para-hydroxylation sites is 1. The van der Waals surface area contributed by atoms with E-state index in [0.717, 1.165) is 42.5 Å². The molecule has 2 aromatic carbocycles. The summed E-state index contributed by atoms with van der Waals surface area (Å²) in [4.78, 5) is 30.3. The number of aromatic amines is 1. The van der Waals surface area contributed by atoms with Gasteiger partial charge in [-0.25, -0.2) is 4.79 Å². The number of nitrogens with zero attached hydrogens (tertiary/aromatic N) is 3. The molecular weight excluding hydrogens is 468 g/mol. The summed E-state index contributed by atoms with van der Waals surface area (Å²) in [6, 6.07) is 18.1. The fourth-order valence-electron chi connectivity index (χ4n) is 6.10. The molecule has 8 nitrogen and oxygen atoms in total. The number of amides is 1. The lowest BCUT2D eigenvalue weighted by Crippen LogP contribution is -2.33. The molecule has 1 saturated heterocycles. The van der Waals surface area contributed by atoms with Crippen LogP contribution >= 0.6 is 0 Å². The van der Waals surface area contributed by atoms with E-state index in [1.807, 2.05) is 36.4 Å². The van der Waals surface area contributed by atoms with Crippen molar-refractivity contribution in [1.29, 1.82) is 0 Å². The molecule has 2 aliphatic rings. The number of rotatable bonds is 5. The maximum Gasteiger partial charge on any atom is 0.438 e. The normalized spacial score (nSPS) is 24.8. The fraction of sp³-hybridized carbons (Fsp3) is 0.414. The third-order valence-corrected chi connectivity index (χ3v) is 8.18. The molecule has 1 amide bonds. The summed E-state index contributed by atoms with van der Waals surface area (Å²) in [5.41, 5.74) is 2.74. The van der Waals surface area contributed by atoms with Crippen LogP contribution in [0.3, 0.4) is 0 Å². The van der Waals surface area contributed by atoms with Gasteiger partial charge < -0.3 is 14.2 Å². The van der Waals surface area contributed by atoms with E-state index in [4.69, 9.17) is 9.26 Å². The molecule has 2 fully saturated rings. The molecule has 1 aliphatic heterocycles. The smallest absolute Gasteiger partial charge is 0.376 e. The van der Waals surface area contributed by atoms with Crippen LogP contribution in [0.5, 0.6) is 0 Å². The van der Waals surface area contributed by atoms with E-state index >= 15 is 0 Å². The van der Waals surface area contributed by atoms with E-state index in [2.05, 4.69) is 53.7 Å². The van der Waals surface area contributed by atoms with Crippen molar-refractivity contribution >= 4 is 22.5 Å². The Morgan fingerprint density at radius 2 is 1.89 bits per heavy atom. The van der Waals surface area contributed by atoms with Crippen LogP contribution < -0.4 is 10.7 Å². The van der Waals surface area contributed by atoms with E-state index in [0.29, 0.717) is 17.4 Å². The number of aromatic nitrogens is 3. The summed E-state index contributed by atoms with van der Waals surface area (Å²) in [5, 5.41) is 5.07. The molecule has 8 heteroatoms. The van der Waals surface area contributed by atoms with Crippen molar-refractivity contribution in [2.75, 3.05) is 18.6 Å². The van der Waals surface area contributed by atoms with Gasteiger partial charge in [-0.05, 0) is 80.8 Å². The number of carbonyl (C=O) groups excluding carboxylic acids is 1. The van der Waals surface area contributed by atoms with Crippen molar-refractivity contribution in [3.63, 3.8) is 0 Å². The molecule has 0 unspecified atom stereocenters. The first-order valence-electron chi connectivity index (χ1n) is 12.9. The number of H-pyrrole nitrogens is 1. The Morgan fingerprint density at radius 3 is 2.54 bits per heavy atom. The Hall–Kier alpha value is -3.65. The Morgan fingerprint density at radius 1 is 1.14 bits per heavy atom. The standard InChI is InChI=1S/C29H32N4O4/c1-18-16-29(18,26-30-27(35)37-31-26)33-23-11-10-19(20-12-13-36-28(2,3)17-20)14-21(23)15-24(33)25(34)32(4)22-8-6-5-7-9-22/h5-11,14-15,18,20H,12-13,16-17H2,1-4H3,(H,30,31,35)/t18-,20+,29+/m1/s1. The van der Waals surface area contributed by atoms with Crippen molar-refractivity contribution in [2.45, 2.75) is 57.1 Å². The van der Waals surface area contributed by atoms with Crippen LogP contribution in [0.15, 0.2) is 63.9 Å². The topological polar surface area (TPSA) is 93.4 Å². The molecule has 192 valence electrons. The molecule has 1 aliphatic carbocycles. The second kappa shape index (κ2) is 8.45. The van der Waals surface area contributed by atoms with Gasteiger partial charge in [0, 0.05) is 30.2 Å². The van der Waals surface area contributed by atoms with E-state index in [1.165, 1.54) is 5.56 Å². The number of fused-ring (bicyclic) bond motifs is 1. The predicted molar refractivity (Wildman–Crippen MR) is 141 cm³/mol. The minimum absolute atomic E-state index is 0.125. The van der Waals surface area contributed by atoms with Crippen LogP contribution in [-0.2, 0) is 10.3 Å². The van der Waals surface area contributed by atoms with E-state index in [1.54, 1.807) is 11.9 Å². The second-order valence-electron chi connectivity index (χ2n) is 11.2. The lowest BCUT2D eigenvalue weighted by Gasteiger charge is -2.35. The van der Waals surface area contributed by atoms with Crippen LogP contribution in [0.2, 0.25) is 0 Å². The Kier molecular flexibility index (Phi) is 5.42. The van der Waals surface area contributed by atoms with Gasteiger partial charge in [-0.1, -0.05) is 36.3 Å². The zero-order valence-corrected chi connectivity index (χ0v) is 21.7. The Bertz CT molecular complexity index is 1530. The average molecular weight is 501 g/mol. The molecular formula is C29H32N4O4. The molecule has 0 radical (unpaired) electrons. The lowest BCUT2D eigenvalue weighted by molar-refractivity contribution is -0.0592. The van der Waals surface area contributed by atoms with Gasteiger partial charge in [-0.3, -0.25) is 14.3 Å². The maximum atomic E-state index is 14.0. The largest absolute Gasteiger partial charge is 0.438 e. The first-order valence-corrected chi connectivity index (χ1v) is 12.9. The second-order valence-corrected chi connectivity index (χ2v) is 11.2. The molecule has 1 N–H and O–H groups in total. The Balaban J connectivity index is 1.51. The summed E-state index contributed by atoms with van der Waals surface area (Å²) in [6.45, 7) is 7.12. The minimum Gasteiger partial charge on any atom is -0.376 e. The molecule has 6 rings (SSSR count). The van der Waals surface area contributed by atoms with Crippen LogP contribution in [0, 0.1) is 5.92 Å². The SMILES string of the molecule is C[C@@H]1C[C@]1(c1noc(=O)[nH]1)n1c(C(=O)N(C)c2ccccc2)cc2cc([C@H]3CCOC(C)(C)C3)ccc21. The van der Waals surface area contributed by atoms with E-state index < -0.39 is 11.3 Å². The highest BCUT2D eigenvalue weighted by Gasteiger charge is 2.59. The van der Waals surface area contributed by atoms with Gasteiger partial charge in [0.05, 0.1) is 5.60 Å². The van der Waals surface area contributed by atoms with Gasteiger partial charge in [0.15, 0.2) is 5.82 Å². The van der Waals surface area contributed by atoms with Gasteiger partial charge in [-0.2, -0.15) is 0 Å². The predicted octanol–water partition coefficient (Wildman–Crippen LogP) is 5.05. The van der Waals surface area contributed by atoms with Crippen LogP contribution in [0.4, 0.5) is 5.69 Å². The van der Waals surface area contributed by atoms with Gasteiger partial charge in [0.1, 0.15) is 11.2 Å². The van der Waals surface area contributed by atoms with E-state index in [-0.39, 0.29) is 17.4 Å². The molecule has 4 aromatic rings. The zero-order chi connectivity index (χ0) is 25.9. The minimum atomic E-state index is -0.654. The number of hydrogen-bond donors (Lipinski definition) is 1. The van der Waals surface area contributed by atoms with Crippen molar-refractivity contribution in [1.82, 2.24) is 14.7 Å². The van der Waals surface area contributed by atoms with E-state index in [9.17, 15) is 9.59 Å².